The van der Waals surface area contributed by atoms with Crippen molar-refractivity contribution >= 4 is 17.8 Å². The molecule has 2 N–H and O–H groups in total. The minimum absolute atomic E-state index is 0.0256. The maximum atomic E-state index is 13.8. The summed E-state index contributed by atoms with van der Waals surface area (Å²) >= 11 is 0. The highest BCUT2D eigenvalue weighted by Gasteiger charge is 2.25. The summed E-state index contributed by atoms with van der Waals surface area (Å²) in [6, 6.07) is 10.3. The lowest BCUT2D eigenvalue weighted by atomic mass is 10.0. The summed E-state index contributed by atoms with van der Waals surface area (Å²) in [5.41, 5.74) is 0.595. The molecule has 0 saturated heterocycles. The molecule has 0 bridgehead atoms. The van der Waals surface area contributed by atoms with Crippen molar-refractivity contribution in [3.8, 4) is 11.5 Å². The van der Waals surface area contributed by atoms with Gasteiger partial charge in [0, 0.05) is 0 Å². The third-order valence-electron chi connectivity index (χ3n) is 4.14. The van der Waals surface area contributed by atoms with Gasteiger partial charge in [-0.3, -0.25) is 20.2 Å². The highest BCUT2D eigenvalue weighted by atomic mass is 19.1. The number of amides is 2. The third-order valence-corrected chi connectivity index (χ3v) is 4.14. The molecule has 3 rings (SSSR count). The molecule has 0 aromatic heterocycles. The number of halogens is 1. The van der Waals surface area contributed by atoms with Gasteiger partial charge in [-0.05, 0) is 36.8 Å². The number of carbonyl (C=O) groups excluding carboxylic acids is 2. The normalized spacial score (nSPS) is 16.0. The monoisotopic (exact) mass is 385 g/mol. The Bertz CT molecular complexity index is 929. The Balaban J connectivity index is 1.84. The van der Waals surface area contributed by atoms with Crippen molar-refractivity contribution in [1.82, 2.24) is 10.6 Å². The van der Waals surface area contributed by atoms with Gasteiger partial charge < -0.3 is 9.47 Å². The van der Waals surface area contributed by atoms with Crippen LogP contribution in [-0.4, -0.2) is 31.5 Å². The molecule has 0 aliphatic carbocycles. The Hall–Kier alpha value is -3.42. The number of hydrogen-bond acceptors (Lipinski definition) is 5. The largest absolute Gasteiger partial charge is 0.493 e. The number of nitrogens with zero attached hydrogens (tertiary/aromatic N) is 1. The molecule has 1 atom stereocenters. The zero-order chi connectivity index (χ0) is 20.1. The fourth-order valence-corrected chi connectivity index (χ4v) is 2.83. The maximum Gasteiger partial charge on any atom is 0.260 e. The molecule has 0 spiro atoms. The number of rotatable bonds is 5. The number of methoxy groups -OCH3 is 1. The van der Waals surface area contributed by atoms with Gasteiger partial charge in [-0.2, -0.15) is 0 Å². The van der Waals surface area contributed by atoms with Crippen LogP contribution in [0.25, 0.3) is 0 Å². The van der Waals surface area contributed by atoms with Crippen LogP contribution in [0.5, 0.6) is 11.5 Å². The SMILES string of the molecule is CCOc1ccc(C2CC(=O)NC(NC(=O)c3ccccc3F)=N2)cc1OC. The molecule has 2 aromatic rings. The van der Waals surface area contributed by atoms with Gasteiger partial charge in [0.15, 0.2) is 11.5 Å². The molecular formula is C20H20FN3O4. The van der Waals surface area contributed by atoms with Crippen molar-refractivity contribution in [2.24, 2.45) is 4.99 Å². The molecule has 2 amide bonds. The second-order valence-electron chi connectivity index (χ2n) is 6.02. The first kappa shape index (κ1) is 19.3. The van der Waals surface area contributed by atoms with E-state index in [1.807, 2.05) is 6.92 Å². The molecular weight excluding hydrogens is 365 g/mol. The van der Waals surface area contributed by atoms with E-state index in [9.17, 15) is 14.0 Å². The van der Waals surface area contributed by atoms with Crippen molar-refractivity contribution in [3.63, 3.8) is 0 Å². The molecule has 1 aliphatic rings. The molecule has 0 radical (unpaired) electrons. The van der Waals surface area contributed by atoms with Crippen molar-refractivity contribution in [3.05, 3.63) is 59.4 Å². The molecule has 8 heteroatoms. The highest BCUT2D eigenvalue weighted by molar-refractivity contribution is 6.10. The first-order valence-corrected chi connectivity index (χ1v) is 8.76. The van der Waals surface area contributed by atoms with Crippen molar-refractivity contribution < 1.29 is 23.5 Å². The Morgan fingerprint density at radius 1 is 1.29 bits per heavy atom. The lowest BCUT2D eigenvalue weighted by molar-refractivity contribution is -0.120. The predicted molar refractivity (Wildman–Crippen MR) is 101 cm³/mol. The van der Waals surface area contributed by atoms with E-state index in [0.717, 1.165) is 5.56 Å². The van der Waals surface area contributed by atoms with Gasteiger partial charge in [0.1, 0.15) is 5.82 Å². The molecule has 0 fully saturated rings. The van der Waals surface area contributed by atoms with Gasteiger partial charge in [0.05, 0.1) is 31.7 Å². The van der Waals surface area contributed by atoms with E-state index in [0.29, 0.717) is 18.1 Å². The minimum atomic E-state index is -0.693. The fourth-order valence-electron chi connectivity index (χ4n) is 2.83. The van der Waals surface area contributed by atoms with Gasteiger partial charge in [-0.25, -0.2) is 9.38 Å². The van der Waals surface area contributed by atoms with Crippen LogP contribution in [0.4, 0.5) is 4.39 Å². The van der Waals surface area contributed by atoms with Crippen LogP contribution in [0, 0.1) is 5.82 Å². The highest BCUT2D eigenvalue weighted by Crippen LogP contribution is 2.33. The number of benzene rings is 2. The van der Waals surface area contributed by atoms with Gasteiger partial charge >= 0.3 is 0 Å². The van der Waals surface area contributed by atoms with E-state index >= 15 is 0 Å². The number of guanidine groups is 1. The summed E-state index contributed by atoms with van der Waals surface area (Å²) in [6.07, 6.45) is 0.107. The van der Waals surface area contributed by atoms with Crippen molar-refractivity contribution in [2.75, 3.05) is 13.7 Å². The third kappa shape index (κ3) is 4.28. The zero-order valence-corrected chi connectivity index (χ0v) is 15.5. The molecule has 2 aromatic carbocycles. The number of aliphatic imine (C=N–C) groups is 1. The minimum Gasteiger partial charge on any atom is -0.493 e. The Morgan fingerprint density at radius 3 is 2.79 bits per heavy atom. The summed E-state index contributed by atoms with van der Waals surface area (Å²) in [7, 11) is 1.53. The standard InChI is InChI=1S/C20H20FN3O4/c1-3-28-16-9-8-12(10-17(16)27-2)15-11-18(25)23-20(22-15)24-19(26)13-6-4-5-7-14(13)21/h4-10,15H,3,11H2,1-2H3,(H2,22,23,24,25,26). The Kier molecular flexibility index (Phi) is 5.88. The smallest absolute Gasteiger partial charge is 0.260 e. The number of ether oxygens (including phenoxy) is 2. The van der Waals surface area contributed by atoms with E-state index in [-0.39, 0.29) is 23.9 Å². The summed E-state index contributed by atoms with van der Waals surface area (Å²) in [5.74, 6) is -0.569. The second kappa shape index (κ2) is 8.51. The van der Waals surface area contributed by atoms with Crippen LogP contribution in [0.2, 0.25) is 0 Å². The van der Waals surface area contributed by atoms with Crippen LogP contribution in [0.1, 0.15) is 35.3 Å². The summed E-state index contributed by atoms with van der Waals surface area (Å²) in [6.45, 7) is 2.36. The molecule has 146 valence electrons. The van der Waals surface area contributed by atoms with Gasteiger partial charge in [-0.1, -0.05) is 18.2 Å². The summed E-state index contributed by atoms with van der Waals surface area (Å²) in [5, 5.41) is 4.95. The second-order valence-corrected chi connectivity index (χ2v) is 6.02. The average molecular weight is 385 g/mol. The molecule has 0 saturated carbocycles. The summed E-state index contributed by atoms with van der Waals surface area (Å²) in [4.78, 5) is 28.8. The maximum absolute atomic E-state index is 13.8. The van der Waals surface area contributed by atoms with Crippen LogP contribution < -0.4 is 20.1 Å². The van der Waals surface area contributed by atoms with Crippen molar-refractivity contribution in [2.45, 2.75) is 19.4 Å². The van der Waals surface area contributed by atoms with Crippen LogP contribution in [0.3, 0.4) is 0 Å². The van der Waals surface area contributed by atoms with Crippen molar-refractivity contribution in [1.29, 1.82) is 0 Å². The molecule has 1 heterocycles. The average Bonchev–Trinajstić information content (AvgIpc) is 2.68. The molecule has 28 heavy (non-hydrogen) atoms. The van der Waals surface area contributed by atoms with E-state index in [1.54, 1.807) is 24.3 Å². The zero-order valence-electron chi connectivity index (χ0n) is 15.5. The number of hydrogen-bond donors (Lipinski definition) is 2. The lowest BCUT2D eigenvalue weighted by Crippen LogP contribution is -2.47. The Morgan fingerprint density at radius 2 is 2.07 bits per heavy atom. The fraction of sp³-hybridized carbons (Fsp3) is 0.250. The van der Waals surface area contributed by atoms with Crippen LogP contribution in [-0.2, 0) is 4.79 Å². The van der Waals surface area contributed by atoms with Crippen LogP contribution >= 0.6 is 0 Å². The molecule has 7 nitrogen and oxygen atoms in total. The molecule has 1 unspecified atom stereocenters. The predicted octanol–water partition coefficient (Wildman–Crippen LogP) is 2.58. The summed E-state index contributed by atoms with van der Waals surface area (Å²) < 4.78 is 24.6. The number of nitrogens with one attached hydrogen (secondary N) is 2. The Labute approximate surface area is 161 Å². The van der Waals surface area contributed by atoms with E-state index in [1.165, 1.54) is 25.3 Å². The first-order valence-electron chi connectivity index (χ1n) is 8.76. The van der Waals surface area contributed by atoms with Gasteiger partial charge in [0.25, 0.3) is 5.91 Å². The quantitative estimate of drug-likeness (QED) is 0.828. The number of carbonyl (C=O) groups is 2. The lowest BCUT2D eigenvalue weighted by Gasteiger charge is -2.22. The van der Waals surface area contributed by atoms with Gasteiger partial charge in [-0.15, -0.1) is 0 Å². The van der Waals surface area contributed by atoms with E-state index in [2.05, 4.69) is 15.6 Å². The molecule has 1 aliphatic heterocycles. The van der Waals surface area contributed by atoms with Gasteiger partial charge in [0.2, 0.25) is 11.9 Å². The topological polar surface area (TPSA) is 89.0 Å². The van der Waals surface area contributed by atoms with E-state index in [4.69, 9.17) is 9.47 Å². The first-order chi connectivity index (χ1) is 13.5. The van der Waals surface area contributed by atoms with E-state index < -0.39 is 17.8 Å². The van der Waals surface area contributed by atoms with Crippen LogP contribution in [0.15, 0.2) is 47.5 Å².